The van der Waals surface area contributed by atoms with E-state index in [4.69, 9.17) is 0 Å². The van der Waals surface area contributed by atoms with Gasteiger partial charge in [0.1, 0.15) is 6.04 Å². The third-order valence-electron chi connectivity index (χ3n) is 2.18. The number of hydrogen-bond acceptors (Lipinski definition) is 2. The lowest BCUT2D eigenvalue weighted by atomic mass is 10.1. The number of halogens is 5. The van der Waals surface area contributed by atoms with Crippen molar-refractivity contribution in [3.05, 3.63) is 20.8 Å². The van der Waals surface area contributed by atoms with Crippen molar-refractivity contribution in [1.82, 2.24) is 5.32 Å². The molecule has 7 heteroatoms. The summed E-state index contributed by atoms with van der Waals surface area (Å²) in [4.78, 5) is 0.198. The van der Waals surface area contributed by atoms with Crippen molar-refractivity contribution in [2.75, 3.05) is 6.54 Å². The lowest BCUT2D eigenvalue weighted by Crippen LogP contribution is -2.42. The van der Waals surface area contributed by atoms with Crippen LogP contribution in [0.1, 0.15) is 24.3 Å². The summed E-state index contributed by atoms with van der Waals surface area (Å²) in [6.45, 7) is 2.05. The largest absolute Gasteiger partial charge is 0.327 e. The maximum Gasteiger partial charge on any atom is 0.327 e. The fourth-order valence-electron chi connectivity index (χ4n) is 1.33. The quantitative estimate of drug-likeness (QED) is 0.758. The molecule has 1 aromatic heterocycles. The number of alkyl halides is 4. The van der Waals surface area contributed by atoms with E-state index >= 15 is 0 Å². The van der Waals surface area contributed by atoms with E-state index in [0.29, 0.717) is 10.9 Å². The standard InChI is InChI=1S/C10H12BrF4NS/c1-2-4-16-8(10(14,15)9(12)13)7-6(11)3-5-17-7/h3,5,8-9,16H,2,4H2,1H3. The van der Waals surface area contributed by atoms with Crippen molar-refractivity contribution in [1.29, 1.82) is 0 Å². The zero-order valence-corrected chi connectivity index (χ0v) is 11.4. The van der Waals surface area contributed by atoms with Crippen LogP contribution in [0.25, 0.3) is 0 Å². The Morgan fingerprint density at radius 3 is 2.53 bits per heavy atom. The summed E-state index contributed by atoms with van der Waals surface area (Å²) >= 11 is 4.12. The molecule has 0 aromatic carbocycles. The molecule has 1 rings (SSSR count). The molecular formula is C10H12BrF4NS. The molecule has 0 spiro atoms. The van der Waals surface area contributed by atoms with Gasteiger partial charge in [-0.25, -0.2) is 8.78 Å². The lowest BCUT2D eigenvalue weighted by Gasteiger charge is -2.26. The molecule has 0 aliphatic carbocycles. The average molecular weight is 334 g/mol. The summed E-state index contributed by atoms with van der Waals surface area (Å²) in [5.74, 6) is -4.08. The molecule has 1 atom stereocenters. The first kappa shape index (κ1) is 14.9. The number of hydrogen-bond donors (Lipinski definition) is 1. The van der Waals surface area contributed by atoms with E-state index in [-0.39, 0.29) is 11.4 Å². The molecular weight excluding hydrogens is 322 g/mol. The van der Waals surface area contributed by atoms with Crippen molar-refractivity contribution in [3.8, 4) is 0 Å². The smallest absolute Gasteiger partial charge is 0.304 e. The van der Waals surface area contributed by atoms with Crippen molar-refractivity contribution >= 4 is 27.3 Å². The monoisotopic (exact) mass is 333 g/mol. The van der Waals surface area contributed by atoms with Gasteiger partial charge >= 0.3 is 12.3 Å². The fraction of sp³-hybridized carbons (Fsp3) is 0.600. The Kier molecular flexibility index (Phi) is 5.40. The van der Waals surface area contributed by atoms with Gasteiger partial charge in [0.05, 0.1) is 0 Å². The minimum atomic E-state index is -4.08. The molecule has 0 saturated heterocycles. The van der Waals surface area contributed by atoms with Gasteiger partial charge in [0.25, 0.3) is 0 Å². The van der Waals surface area contributed by atoms with Gasteiger partial charge in [-0.3, -0.25) is 0 Å². The SMILES string of the molecule is CCCNC(c1sccc1Br)C(F)(F)C(F)F. The van der Waals surface area contributed by atoms with E-state index < -0.39 is 18.4 Å². The van der Waals surface area contributed by atoms with Crippen molar-refractivity contribution in [3.63, 3.8) is 0 Å². The Bertz CT molecular complexity index is 356. The normalized spacial score (nSPS) is 14.3. The Labute approximate surface area is 109 Å². The van der Waals surface area contributed by atoms with Crippen LogP contribution in [0.4, 0.5) is 17.6 Å². The number of thiophene rings is 1. The summed E-state index contributed by atoms with van der Waals surface area (Å²) in [6, 6.07) is -0.0841. The predicted octanol–water partition coefficient (Wildman–Crippen LogP) is 4.45. The Balaban J connectivity index is 3.00. The zero-order chi connectivity index (χ0) is 13.1. The molecule has 17 heavy (non-hydrogen) atoms. The van der Waals surface area contributed by atoms with Gasteiger partial charge in [-0.05, 0) is 40.3 Å². The van der Waals surface area contributed by atoms with Crippen LogP contribution in [0.3, 0.4) is 0 Å². The minimum Gasteiger partial charge on any atom is -0.304 e. The maximum atomic E-state index is 13.5. The third-order valence-corrected chi connectivity index (χ3v) is 4.12. The zero-order valence-electron chi connectivity index (χ0n) is 9.02. The molecule has 0 saturated carbocycles. The van der Waals surface area contributed by atoms with E-state index in [1.54, 1.807) is 18.4 Å². The highest BCUT2D eigenvalue weighted by atomic mass is 79.9. The highest BCUT2D eigenvalue weighted by Gasteiger charge is 2.50. The summed E-state index contributed by atoms with van der Waals surface area (Å²) in [5, 5.41) is 4.07. The molecule has 1 unspecified atom stereocenters. The second kappa shape index (κ2) is 6.15. The molecule has 1 N–H and O–H groups in total. The van der Waals surface area contributed by atoms with Gasteiger partial charge < -0.3 is 5.32 Å². The van der Waals surface area contributed by atoms with Crippen molar-refractivity contribution < 1.29 is 17.6 Å². The summed E-state index contributed by atoms with van der Waals surface area (Å²) in [6.07, 6.45) is -3.09. The van der Waals surface area contributed by atoms with Crippen LogP contribution >= 0.6 is 27.3 Å². The average Bonchev–Trinajstić information content (AvgIpc) is 2.65. The van der Waals surface area contributed by atoms with Crippen molar-refractivity contribution in [2.45, 2.75) is 31.7 Å². The second-order valence-electron chi connectivity index (χ2n) is 3.50. The van der Waals surface area contributed by atoms with Gasteiger partial charge in [-0.1, -0.05) is 6.92 Å². The van der Waals surface area contributed by atoms with Crippen LogP contribution in [-0.2, 0) is 0 Å². The molecule has 1 aromatic rings. The molecule has 0 fully saturated rings. The van der Waals surface area contributed by atoms with Crippen LogP contribution in [0, 0.1) is 0 Å². The maximum absolute atomic E-state index is 13.5. The summed E-state index contributed by atoms with van der Waals surface area (Å²) < 4.78 is 52.2. The van der Waals surface area contributed by atoms with E-state index in [9.17, 15) is 17.6 Å². The van der Waals surface area contributed by atoms with Crippen LogP contribution < -0.4 is 5.32 Å². The van der Waals surface area contributed by atoms with Gasteiger partial charge in [-0.2, -0.15) is 8.78 Å². The van der Waals surface area contributed by atoms with Crippen LogP contribution in [0.2, 0.25) is 0 Å². The number of rotatable bonds is 6. The molecule has 0 aliphatic heterocycles. The Morgan fingerprint density at radius 2 is 2.12 bits per heavy atom. The Hall–Kier alpha value is -0.140. The first-order valence-corrected chi connectivity index (χ1v) is 6.70. The van der Waals surface area contributed by atoms with E-state index in [0.717, 1.165) is 11.3 Å². The molecule has 1 nitrogen and oxygen atoms in total. The van der Waals surface area contributed by atoms with E-state index in [1.807, 2.05) is 0 Å². The van der Waals surface area contributed by atoms with Crippen LogP contribution in [0.5, 0.6) is 0 Å². The molecule has 0 aliphatic rings. The Morgan fingerprint density at radius 1 is 1.47 bits per heavy atom. The van der Waals surface area contributed by atoms with Gasteiger partial charge in [0, 0.05) is 9.35 Å². The van der Waals surface area contributed by atoms with Crippen molar-refractivity contribution in [2.24, 2.45) is 0 Å². The van der Waals surface area contributed by atoms with E-state index in [2.05, 4.69) is 21.2 Å². The van der Waals surface area contributed by atoms with Gasteiger partial charge in [-0.15, -0.1) is 11.3 Å². The molecule has 1 heterocycles. The topological polar surface area (TPSA) is 12.0 Å². The van der Waals surface area contributed by atoms with Crippen LogP contribution in [-0.4, -0.2) is 18.9 Å². The lowest BCUT2D eigenvalue weighted by molar-refractivity contribution is -0.151. The summed E-state index contributed by atoms with van der Waals surface area (Å²) in [7, 11) is 0. The van der Waals surface area contributed by atoms with E-state index in [1.165, 1.54) is 0 Å². The van der Waals surface area contributed by atoms with Gasteiger partial charge in [0.2, 0.25) is 0 Å². The highest BCUT2D eigenvalue weighted by Crippen LogP contribution is 2.41. The summed E-state index contributed by atoms with van der Waals surface area (Å²) in [5.41, 5.74) is 0. The molecule has 0 radical (unpaired) electrons. The predicted molar refractivity (Wildman–Crippen MR) is 64.0 cm³/mol. The molecule has 98 valence electrons. The molecule has 0 amide bonds. The second-order valence-corrected chi connectivity index (χ2v) is 5.30. The highest BCUT2D eigenvalue weighted by molar-refractivity contribution is 9.10. The van der Waals surface area contributed by atoms with Gasteiger partial charge in [0.15, 0.2) is 0 Å². The van der Waals surface area contributed by atoms with Crippen LogP contribution in [0.15, 0.2) is 15.9 Å². The first-order valence-electron chi connectivity index (χ1n) is 5.03. The third kappa shape index (κ3) is 3.42. The molecule has 0 bridgehead atoms. The number of nitrogens with one attached hydrogen (secondary N) is 1. The fourth-order valence-corrected chi connectivity index (χ4v) is 3.05. The minimum absolute atomic E-state index is 0.198. The first-order chi connectivity index (χ1) is 7.91.